The smallest absolute Gasteiger partial charge is 0.137 e. The van der Waals surface area contributed by atoms with Crippen LogP contribution >= 0.6 is 0 Å². The molecule has 0 saturated heterocycles. The minimum Gasteiger partial charge on any atom is -0.389 e. The third-order valence-corrected chi connectivity index (χ3v) is 3.94. The average molecular weight is 255 g/mol. The molecule has 0 spiro atoms. The van der Waals surface area contributed by atoms with E-state index in [1.807, 2.05) is 13.8 Å². The Morgan fingerprint density at radius 2 is 2.00 bits per heavy atom. The highest BCUT2D eigenvalue weighted by Crippen LogP contribution is 2.31. The third kappa shape index (κ3) is 4.69. The van der Waals surface area contributed by atoms with Gasteiger partial charge in [0.25, 0.3) is 0 Å². The monoisotopic (exact) mass is 255 g/mol. The molecular weight excluding hydrogens is 226 g/mol. The Balaban J connectivity index is 2.61. The molecular formula is C15H29NO2. The molecule has 0 amide bonds. The number of aliphatic hydroxyl groups is 1. The maximum absolute atomic E-state index is 12.1. The predicted molar refractivity (Wildman–Crippen MR) is 74.5 cm³/mol. The maximum Gasteiger partial charge on any atom is 0.137 e. The van der Waals surface area contributed by atoms with Crippen molar-refractivity contribution in [1.29, 1.82) is 0 Å². The van der Waals surface area contributed by atoms with E-state index in [0.29, 0.717) is 24.2 Å². The average Bonchev–Trinajstić information content (AvgIpc) is 2.19. The van der Waals surface area contributed by atoms with Crippen LogP contribution in [-0.4, -0.2) is 41.0 Å². The summed E-state index contributed by atoms with van der Waals surface area (Å²) in [4.78, 5) is 14.3. The lowest BCUT2D eigenvalue weighted by atomic mass is 9.74. The van der Waals surface area contributed by atoms with Crippen molar-refractivity contribution in [3.05, 3.63) is 0 Å². The molecule has 0 aromatic heterocycles. The molecule has 1 aliphatic carbocycles. The van der Waals surface area contributed by atoms with Gasteiger partial charge in [-0.1, -0.05) is 20.8 Å². The van der Waals surface area contributed by atoms with Crippen LogP contribution in [0.2, 0.25) is 0 Å². The van der Waals surface area contributed by atoms with E-state index in [4.69, 9.17) is 0 Å². The molecule has 0 aromatic rings. The largest absolute Gasteiger partial charge is 0.389 e. The van der Waals surface area contributed by atoms with Crippen molar-refractivity contribution in [3.63, 3.8) is 0 Å². The molecule has 1 N–H and O–H groups in total. The van der Waals surface area contributed by atoms with Crippen LogP contribution in [0, 0.1) is 17.8 Å². The fourth-order valence-electron chi connectivity index (χ4n) is 3.11. The summed E-state index contributed by atoms with van der Waals surface area (Å²) in [6.45, 7) is 12.4. The standard InChI is InChI=1S/C15H29NO2/c1-6-16(10-15(4,5)18)9-13-12(3)7-11(2)8-14(13)17/h11-13,18H,6-10H2,1-5H3. The summed E-state index contributed by atoms with van der Waals surface area (Å²) in [5.41, 5.74) is -0.690. The van der Waals surface area contributed by atoms with Crippen molar-refractivity contribution in [2.24, 2.45) is 17.8 Å². The number of carbonyl (C=O) groups is 1. The molecule has 106 valence electrons. The van der Waals surface area contributed by atoms with Gasteiger partial charge in [-0.2, -0.15) is 0 Å². The SMILES string of the molecule is CCN(CC1C(=O)CC(C)CC1C)CC(C)(C)O. The summed E-state index contributed by atoms with van der Waals surface area (Å²) in [7, 11) is 0. The molecule has 0 bridgehead atoms. The van der Waals surface area contributed by atoms with Gasteiger partial charge in [0.05, 0.1) is 5.60 Å². The number of likely N-dealkylation sites (N-methyl/N-ethyl adjacent to an activating group) is 1. The van der Waals surface area contributed by atoms with Gasteiger partial charge in [0.15, 0.2) is 0 Å². The number of nitrogens with zero attached hydrogens (tertiary/aromatic N) is 1. The Morgan fingerprint density at radius 3 is 2.44 bits per heavy atom. The van der Waals surface area contributed by atoms with Crippen molar-refractivity contribution in [1.82, 2.24) is 4.90 Å². The molecule has 3 nitrogen and oxygen atoms in total. The molecule has 3 unspecified atom stereocenters. The van der Waals surface area contributed by atoms with Gasteiger partial charge in [-0.25, -0.2) is 0 Å². The highest BCUT2D eigenvalue weighted by Gasteiger charge is 2.33. The van der Waals surface area contributed by atoms with Gasteiger partial charge in [-0.3, -0.25) is 4.79 Å². The summed E-state index contributed by atoms with van der Waals surface area (Å²) in [5.74, 6) is 1.57. The number of hydrogen-bond acceptors (Lipinski definition) is 3. The second-order valence-electron chi connectivity index (χ2n) is 6.74. The van der Waals surface area contributed by atoms with Crippen LogP contribution in [0.15, 0.2) is 0 Å². The number of ketones is 1. The second kappa shape index (κ2) is 6.16. The van der Waals surface area contributed by atoms with Crippen LogP contribution < -0.4 is 0 Å². The van der Waals surface area contributed by atoms with Crippen molar-refractivity contribution >= 4 is 5.78 Å². The van der Waals surface area contributed by atoms with Gasteiger partial charge in [-0.15, -0.1) is 0 Å². The number of Topliss-reactive ketones (excluding diaryl/α,β-unsaturated/α-hetero) is 1. The first-order valence-corrected chi connectivity index (χ1v) is 7.20. The minimum absolute atomic E-state index is 0.156. The van der Waals surface area contributed by atoms with Gasteiger partial charge in [-0.05, 0) is 38.6 Å². The molecule has 0 radical (unpaired) electrons. The second-order valence-corrected chi connectivity index (χ2v) is 6.74. The zero-order valence-electron chi connectivity index (χ0n) is 12.6. The van der Waals surface area contributed by atoms with Crippen LogP contribution in [0.3, 0.4) is 0 Å². The predicted octanol–water partition coefficient (Wildman–Crippen LogP) is 2.33. The summed E-state index contributed by atoms with van der Waals surface area (Å²) in [6, 6.07) is 0. The normalized spacial score (nSPS) is 29.9. The number of carbonyl (C=O) groups excluding carboxylic acids is 1. The van der Waals surface area contributed by atoms with Gasteiger partial charge in [0.2, 0.25) is 0 Å². The van der Waals surface area contributed by atoms with Gasteiger partial charge < -0.3 is 10.0 Å². The zero-order valence-corrected chi connectivity index (χ0v) is 12.6. The van der Waals surface area contributed by atoms with E-state index >= 15 is 0 Å². The van der Waals surface area contributed by atoms with E-state index in [1.54, 1.807) is 0 Å². The van der Waals surface area contributed by atoms with Crippen LogP contribution in [0.4, 0.5) is 0 Å². The van der Waals surface area contributed by atoms with Crippen LogP contribution in [0.25, 0.3) is 0 Å². The van der Waals surface area contributed by atoms with Crippen LogP contribution in [-0.2, 0) is 4.79 Å². The highest BCUT2D eigenvalue weighted by atomic mass is 16.3. The Labute approximate surface area is 112 Å². The molecule has 1 fully saturated rings. The molecule has 3 heteroatoms. The molecule has 1 rings (SSSR count). The zero-order chi connectivity index (χ0) is 13.9. The lowest BCUT2D eigenvalue weighted by Crippen LogP contribution is -2.45. The van der Waals surface area contributed by atoms with E-state index in [2.05, 4.69) is 25.7 Å². The Morgan fingerprint density at radius 1 is 1.39 bits per heavy atom. The minimum atomic E-state index is -0.690. The Hall–Kier alpha value is -0.410. The fraction of sp³-hybridized carbons (Fsp3) is 0.933. The van der Waals surface area contributed by atoms with Crippen LogP contribution in [0.1, 0.15) is 47.5 Å². The summed E-state index contributed by atoms with van der Waals surface area (Å²) in [6.07, 6.45) is 1.88. The van der Waals surface area contributed by atoms with Gasteiger partial charge >= 0.3 is 0 Å². The molecule has 0 aliphatic heterocycles. The Kier molecular flexibility index (Phi) is 5.35. The number of hydrogen-bond donors (Lipinski definition) is 1. The number of rotatable bonds is 5. The van der Waals surface area contributed by atoms with Crippen molar-refractivity contribution in [2.75, 3.05) is 19.6 Å². The quantitative estimate of drug-likeness (QED) is 0.819. The first kappa shape index (κ1) is 15.6. The third-order valence-electron chi connectivity index (χ3n) is 3.94. The molecule has 0 heterocycles. The topological polar surface area (TPSA) is 40.5 Å². The molecule has 18 heavy (non-hydrogen) atoms. The summed E-state index contributed by atoms with van der Waals surface area (Å²) >= 11 is 0. The van der Waals surface area contributed by atoms with Crippen molar-refractivity contribution < 1.29 is 9.90 Å². The molecule has 1 aliphatic rings. The lowest BCUT2D eigenvalue weighted by Gasteiger charge is -2.36. The molecule has 1 saturated carbocycles. The fourth-order valence-corrected chi connectivity index (χ4v) is 3.11. The van der Waals surface area contributed by atoms with Crippen molar-refractivity contribution in [2.45, 2.75) is 53.1 Å². The lowest BCUT2D eigenvalue weighted by molar-refractivity contribution is -0.129. The van der Waals surface area contributed by atoms with Crippen LogP contribution in [0.5, 0.6) is 0 Å². The molecule has 0 aromatic carbocycles. The van der Waals surface area contributed by atoms with E-state index in [0.717, 1.165) is 25.9 Å². The van der Waals surface area contributed by atoms with Gasteiger partial charge in [0, 0.05) is 25.4 Å². The van der Waals surface area contributed by atoms with Gasteiger partial charge in [0.1, 0.15) is 5.78 Å². The van der Waals surface area contributed by atoms with E-state index in [-0.39, 0.29) is 5.92 Å². The first-order chi connectivity index (χ1) is 8.23. The van der Waals surface area contributed by atoms with E-state index < -0.39 is 5.60 Å². The maximum atomic E-state index is 12.1. The first-order valence-electron chi connectivity index (χ1n) is 7.20. The Bertz CT molecular complexity index is 283. The van der Waals surface area contributed by atoms with E-state index in [9.17, 15) is 9.90 Å². The summed E-state index contributed by atoms with van der Waals surface area (Å²) in [5, 5.41) is 9.90. The highest BCUT2D eigenvalue weighted by molar-refractivity contribution is 5.82. The summed E-state index contributed by atoms with van der Waals surface area (Å²) < 4.78 is 0. The van der Waals surface area contributed by atoms with E-state index in [1.165, 1.54) is 0 Å². The van der Waals surface area contributed by atoms with Crippen molar-refractivity contribution in [3.8, 4) is 0 Å². The molecule has 3 atom stereocenters.